The van der Waals surface area contributed by atoms with E-state index in [1.54, 1.807) is 6.29 Å². The van der Waals surface area contributed by atoms with Crippen molar-refractivity contribution in [3.8, 4) is 0 Å². The summed E-state index contributed by atoms with van der Waals surface area (Å²) in [6, 6.07) is 0. The molecule has 0 aromatic carbocycles. The highest BCUT2D eigenvalue weighted by Crippen LogP contribution is 2.00. The first-order valence-corrected chi connectivity index (χ1v) is 2.98. The molecule has 0 saturated heterocycles. The normalized spacial score (nSPS) is 9.00. The molecule has 0 atom stereocenters. The summed E-state index contributed by atoms with van der Waals surface area (Å²) < 4.78 is 0. The van der Waals surface area contributed by atoms with Crippen molar-refractivity contribution in [2.45, 2.75) is 19.3 Å². The Hall–Kier alpha value is -0.630. The van der Waals surface area contributed by atoms with Gasteiger partial charge in [0.15, 0.2) is 0 Å². The summed E-state index contributed by atoms with van der Waals surface area (Å²) in [5, 5.41) is 8.32. The molecule has 51 valence electrons. The van der Waals surface area contributed by atoms with Gasteiger partial charge in [-0.15, -0.1) is 0 Å². The second kappa shape index (κ2) is 5.51. The zero-order chi connectivity index (χ0) is 7.11. The average Bonchev–Trinajstić information content (AvgIpc) is 1.89. The highest BCUT2D eigenvalue weighted by atomic mass is 16.2. The van der Waals surface area contributed by atoms with Gasteiger partial charge in [-0.2, -0.15) is 0 Å². The van der Waals surface area contributed by atoms with E-state index in [0.717, 1.165) is 12.8 Å². The summed E-state index contributed by atoms with van der Waals surface area (Å²) in [5.74, 6) is 0. The van der Waals surface area contributed by atoms with E-state index in [4.69, 9.17) is 5.11 Å². The summed E-state index contributed by atoms with van der Waals surface area (Å²) in [4.78, 5) is 9.81. The van der Waals surface area contributed by atoms with Crippen LogP contribution in [0.1, 0.15) is 19.3 Å². The maximum absolute atomic E-state index is 9.81. The molecule has 0 rings (SSSR count). The first-order valence-electron chi connectivity index (χ1n) is 2.98. The molecule has 0 aliphatic rings. The third-order valence-electron chi connectivity index (χ3n) is 1.03. The van der Waals surface area contributed by atoms with E-state index >= 15 is 0 Å². The van der Waals surface area contributed by atoms with Crippen LogP contribution in [-0.4, -0.2) is 18.0 Å². The predicted octanol–water partition coefficient (Wildman–Crippen LogP) is 0.815. The van der Waals surface area contributed by atoms with E-state index in [2.05, 4.69) is 6.58 Å². The molecule has 0 bridgehead atoms. The lowest BCUT2D eigenvalue weighted by Crippen LogP contribution is -1.85. The van der Waals surface area contributed by atoms with Crippen LogP contribution in [0.3, 0.4) is 0 Å². The number of aliphatic hydroxyl groups excluding tert-OH is 1. The highest BCUT2D eigenvalue weighted by molar-refractivity contribution is 5.72. The quantitative estimate of drug-likeness (QED) is 0.438. The van der Waals surface area contributed by atoms with E-state index in [-0.39, 0.29) is 6.61 Å². The number of hydrogen-bond donors (Lipinski definition) is 1. The number of allylic oxidation sites excluding steroid dienone is 1. The minimum Gasteiger partial charge on any atom is -0.396 e. The standard InChI is InChI=1S/C7H11O2/c1-7(6-9)4-2-3-5-8/h8H,1-5H2. The topological polar surface area (TPSA) is 37.3 Å². The van der Waals surface area contributed by atoms with Crippen molar-refractivity contribution < 1.29 is 9.90 Å². The molecule has 0 saturated carbocycles. The van der Waals surface area contributed by atoms with Crippen molar-refractivity contribution in [3.05, 3.63) is 12.2 Å². The molecule has 0 aromatic heterocycles. The fourth-order valence-electron chi connectivity index (χ4n) is 0.501. The van der Waals surface area contributed by atoms with Gasteiger partial charge >= 0.3 is 0 Å². The zero-order valence-electron chi connectivity index (χ0n) is 5.39. The molecule has 0 heterocycles. The van der Waals surface area contributed by atoms with Crippen LogP contribution in [0.2, 0.25) is 0 Å². The molecule has 0 amide bonds. The summed E-state index contributed by atoms with van der Waals surface area (Å²) in [7, 11) is 0. The Morgan fingerprint density at radius 2 is 2.22 bits per heavy atom. The van der Waals surface area contributed by atoms with Gasteiger partial charge in [0.2, 0.25) is 6.29 Å². The number of carbonyl (C=O) groups excluding carboxylic acids is 1. The second-order valence-corrected chi connectivity index (χ2v) is 1.89. The van der Waals surface area contributed by atoms with E-state index in [0.29, 0.717) is 12.0 Å². The predicted molar refractivity (Wildman–Crippen MR) is 35.8 cm³/mol. The van der Waals surface area contributed by atoms with E-state index in [1.165, 1.54) is 0 Å². The smallest absolute Gasteiger partial charge is 0.228 e. The van der Waals surface area contributed by atoms with Crippen LogP contribution in [0.5, 0.6) is 0 Å². The molecule has 1 radical (unpaired) electrons. The Labute approximate surface area is 55.2 Å². The van der Waals surface area contributed by atoms with Gasteiger partial charge in [-0.05, 0) is 24.8 Å². The van der Waals surface area contributed by atoms with Crippen molar-refractivity contribution in [2.24, 2.45) is 0 Å². The molecule has 0 spiro atoms. The Morgan fingerprint density at radius 1 is 1.56 bits per heavy atom. The number of hydrogen-bond acceptors (Lipinski definition) is 2. The van der Waals surface area contributed by atoms with Gasteiger partial charge in [0, 0.05) is 6.61 Å². The minimum atomic E-state index is 0.187. The lowest BCUT2D eigenvalue weighted by molar-refractivity contribution is 0.285. The van der Waals surface area contributed by atoms with Crippen LogP contribution in [0.25, 0.3) is 0 Å². The fraction of sp³-hybridized carbons (Fsp3) is 0.571. The minimum absolute atomic E-state index is 0.187. The molecule has 0 fully saturated rings. The average molecular weight is 127 g/mol. The van der Waals surface area contributed by atoms with Crippen LogP contribution in [-0.2, 0) is 4.79 Å². The monoisotopic (exact) mass is 127 g/mol. The van der Waals surface area contributed by atoms with Gasteiger partial charge in [-0.1, -0.05) is 6.58 Å². The summed E-state index contributed by atoms with van der Waals surface area (Å²) in [5.41, 5.74) is 0.489. The van der Waals surface area contributed by atoms with E-state index in [1.807, 2.05) is 0 Å². The van der Waals surface area contributed by atoms with E-state index in [9.17, 15) is 4.79 Å². The van der Waals surface area contributed by atoms with Crippen molar-refractivity contribution in [1.82, 2.24) is 0 Å². The molecule has 0 aliphatic heterocycles. The SMILES string of the molecule is C=C([C]=O)CCCCO. The van der Waals surface area contributed by atoms with Gasteiger partial charge in [-0.25, -0.2) is 0 Å². The third-order valence-corrected chi connectivity index (χ3v) is 1.03. The van der Waals surface area contributed by atoms with Crippen molar-refractivity contribution in [3.63, 3.8) is 0 Å². The van der Waals surface area contributed by atoms with Crippen molar-refractivity contribution in [1.29, 1.82) is 0 Å². The first kappa shape index (κ1) is 8.37. The van der Waals surface area contributed by atoms with Crippen molar-refractivity contribution >= 4 is 6.29 Å². The Bertz CT molecular complexity index is 97.1. The Morgan fingerprint density at radius 3 is 2.67 bits per heavy atom. The van der Waals surface area contributed by atoms with Crippen LogP contribution >= 0.6 is 0 Å². The number of rotatable bonds is 5. The van der Waals surface area contributed by atoms with Crippen LogP contribution in [0.15, 0.2) is 12.2 Å². The van der Waals surface area contributed by atoms with Crippen molar-refractivity contribution in [2.75, 3.05) is 6.61 Å². The molecule has 0 unspecified atom stereocenters. The van der Waals surface area contributed by atoms with Gasteiger partial charge in [-0.3, -0.25) is 4.79 Å². The maximum atomic E-state index is 9.81. The van der Waals surface area contributed by atoms with Crippen LogP contribution in [0.4, 0.5) is 0 Å². The molecule has 0 aliphatic carbocycles. The molecule has 2 heteroatoms. The largest absolute Gasteiger partial charge is 0.396 e. The molecule has 2 nitrogen and oxygen atoms in total. The molecule has 1 N–H and O–H groups in total. The zero-order valence-corrected chi connectivity index (χ0v) is 5.39. The molecular formula is C7H11O2. The Balaban J connectivity index is 3.07. The Kier molecular flexibility index (Phi) is 5.12. The molecule has 0 aromatic rings. The molecular weight excluding hydrogens is 116 g/mol. The maximum Gasteiger partial charge on any atom is 0.228 e. The summed E-state index contributed by atoms with van der Waals surface area (Å²) in [6.07, 6.45) is 3.92. The first-order chi connectivity index (χ1) is 4.31. The summed E-state index contributed by atoms with van der Waals surface area (Å²) >= 11 is 0. The highest BCUT2D eigenvalue weighted by Gasteiger charge is 1.90. The molecule has 9 heavy (non-hydrogen) atoms. The summed E-state index contributed by atoms with van der Waals surface area (Å²) in [6.45, 7) is 3.63. The third kappa shape index (κ3) is 5.24. The van der Waals surface area contributed by atoms with Crippen LogP contribution in [0, 0.1) is 0 Å². The fourth-order valence-corrected chi connectivity index (χ4v) is 0.501. The number of aliphatic hydroxyl groups is 1. The van der Waals surface area contributed by atoms with Crippen LogP contribution < -0.4 is 0 Å². The van der Waals surface area contributed by atoms with Gasteiger partial charge in [0.05, 0.1) is 0 Å². The van der Waals surface area contributed by atoms with Gasteiger partial charge in [0.25, 0.3) is 0 Å². The number of unbranched alkanes of at least 4 members (excludes halogenated alkanes) is 1. The van der Waals surface area contributed by atoms with E-state index < -0.39 is 0 Å². The van der Waals surface area contributed by atoms with Gasteiger partial charge < -0.3 is 5.11 Å². The lowest BCUT2D eigenvalue weighted by atomic mass is 10.1. The van der Waals surface area contributed by atoms with Gasteiger partial charge in [0.1, 0.15) is 0 Å². The lowest BCUT2D eigenvalue weighted by Gasteiger charge is -1.93. The second-order valence-electron chi connectivity index (χ2n) is 1.89.